The first kappa shape index (κ1) is 111. The number of unbranched alkanes of at least 4 members (excludes halogenated alkanes) is 36. The van der Waals surface area contributed by atoms with Gasteiger partial charge in [-0.05, 0) is 234 Å². The number of aromatic nitrogens is 4. The number of nitrogens with one attached hydrogen (secondary N) is 2. The van der Waals surface area contributed by atoms with E-state index >= 15 is 0 Å². The van der Waals surface area contributed by atoms with Crippen LogP contribution in [0.1, 0.15) is 476 Å². The van der Waals surface area contributed by atoms with Crippen molar-refractivity contribution >= 4 is 195 Å². The lowest BCUT2D eigenvalue weighted by Gasteiger charge is -2.19. The zero-order chi connectivity index (χ0) is 98.9. The number of likely N-dealkylation sites (N-methyl/N-ethyl adjacent to an activating group) is 2. The van der Waals surface area contributed by atoms with E-state index in [0.29, 0.717) is 28.2 Å². The van der Waals surface area contributed by atoms with Crippen LogP contribution in [0.4, 0.5) is 0 Å². The highest BCUT2D eigenvalue weighted by atomic mass is 32.2. The van der Waals surface area contributed by atoms with Crippen LogP contribution in [0, 0.1) is 23.7 Å². The van der Waals surface area contributed by atoms with E-state index in [2.05, 4.69) is 198 Å². The highest BCUT2D eigenvalue weighted by Gasteiger charge is 2.34. The van der Waals surface area contributed by atoms with Crippen molar-refractivity contribution in [3.63, 3.8) is 0 Å². The number of thiophene rings is 6. The number of aryl methyl sites for hydroxylation is 4. The van der Waals surface area contributed by atoms with Crippen LogP contribution >= 0.6 is 116 Å². The topological polar surface area (TPSA) is 98.0 Å². The average Bonchev–Trinajstić information content (AvgIpc) is 1.63. The minimum Gasteiger partial charge on any atom is -0.354 e. The number of hydrogen-bond acceptors (Lipinski definition) is 14. The molecule has 2 N–H and O–H groups in total. The van der Waals surface area contributed by atoms with Crippen LogP contribution in [0.15, 0.2) is 82.6 Å². The molecule has 9 aromatic heterocycles. The van der Waals surface area contributed by atoms with Crippen molar-refractivity contribution in [1.82, 2.24) is 29.7 Å². The maximum atomic E-state index is 13.7. The molecule has 2 amide bonds. The van der Waals surface area contributed by atoms with Crippen LogP contribution < -0.4 is 0 Å². The minimum atomic E-state index is 0.0155. The Hall–Kier alpha value is -6.78. The summed E-state index contributed by atoms with van der Waals surface area (Å²) in [5, 5.41) is 0. The maximum Gasteiger partial charge on any atom is 0.266 e. The molecule has 0 saturated carbocycles. The molecule has 2 unspecified atom stereocenters. The second-order valence-corrected chi connectivity index (χ2v) is 49.7. The van der Waals surface area contributed by atoms with Crippen molar-refractivity contribution in [3.05, 3.63) is 169 Å². The molecular weight excluding hydrogens is 1910 g/mol. The van der Waals surface area contributed by atoms with E-state index in [4.69, 9.17) is 34.4 Å². The third-order valence-electron chi connectivity index (χ3n) is 28.6. The molecule has 13 rings (SSSR count). The molecule has 0 spiro atoms. The number of rotatable bonds is 63. The Kier molecular flexibility index (Phi) is 47.8. The van der Waals surface area contributed by atoms with Gasteiger partial charge in [-0.1, -0.05) is 384 Å². The lowest BCUT2D eigenvalue weighted by molar-refractivity contribution is -0.122. The highest BCUT2D eigenvalue weighted by Crippen LogP contribution is 2.50. The molecule has 2 fully saturated rings. The predicted molar refractivity (Wildman–Crippen MR) is 636 cm³/mol. The standard InChI is InChI=1S/C123H162N6O2S10/c1-11-21-29-37-41-43-47-55-60-88(58-53-45-39-31-23-13-3)114-104-74-70-100(124-104)98(67-57-66-94-82-90(62-49-33-25-15-5)116(134-94)108-78-80-110(138-108)118-92(64-51-35-27-17-7)84-96(136-118)86-112-120(130)128(19-9)122(132)140-112)101-71-75-105(125-101)115(89(59-54-46-40-32-24-14-4)61-56-48-44-42-38-30-22-12-2)107-77-73-103(127-107)99(102-72-76-106(114)126-102)69-68-95-83-91(63-50-34-26-16-6)117(135-95)109-79-81-111(139-109)119-93(65-52-36-28-18-8)85-97(137-119)87-113-121(131)129(20-10)123(133)141-113/h70-89,126-127H,11-56,58-66H2,1-10H3/b100-98?,101-98?,102-99?,103-99?,112-86-,113-87-,114-104?,114-106?,115-105?,115-107?. The van der Waals surface area contributed by atoms with Crippen molar-refractivity contribution in [3.8, 4) is 62.7 Å². The summed E-state index contributed by atoms with van der Waals surface area (Å²) in [5.41, 5.74) is 18.2. The lowest BCUT2D eigenvalue weighted by Crippen LogP contribution is -2.27. The summed E-state index contributed by atoms with van der Waals surface area (Å²) in [4.78, 5) is 67.8. The van der Waals surface area contributed by atoms with Crippen molar-refractivity contribution in [2.75, 3.05) is 13.1 Å². The zero-order valence-electron chi connectivity index (χ0n) is 87.1. The number of hydrogen-bond donors (Lipinski definition) is 2. The van der Waals surface area contributed by atoms with Gasteiger partial charge in [-0.3, -0.25) is 19.4 Å². The number of aromatic amines is 2. The molecule has 18 heteroatoms. The Balaban J connectivity index is 0.970. The number of H-pyrrole nitrogens is 2. The molecule has 2 atom stereocenters. The molecule has 13 heterocycles. The fourth-order valence-electron chi connectivity index (χ4n) is 20.6. The fraction of sp³-hybridized carbons (Fsp3) is 0.545. The van der Waals surface area contributed by atoms with Gasteiger partial charge in [0.2, 0.25) is 0 Å². The van der Waals surface area contributed by atoms with Gasteiger partial charge in [-0.15, -0.1) is 68.0 Å². The smallest absolute Gasteiger partial charge is 0.266 e. The van der Waals surface area contributed by atoms with Gasteiger partial charge in [0.05, 0.1) is 59.6 Å². The number of fused-ring (bicyclic) bond motifs is 8. The summed E-state index contributed by atoms with van der Waals surface area (Å²) in [7, 11) is 0. The number of carbonyl (C=O) groups is 2. The van der Waals surface area contributed by atoms with Crippen molar-refractivity contribution in [2.24, 2.45) is 0 Å². The Labute approximate surface area is 892 Å². The molecule has 8 nitrogen and oxygen atoms in total. The summed E-state index contributed by atoms with van der Waals surface area (Å²) < 4.78 is 1.29. The molecule has 4 aliphatic heterocycles. The third-order valence-corrected chi connectivity index (χ3v) is 38.8. The molecule has 0 radical (unpaired) electrons. The summed E-state index contributed by atoms with van der Waals surface area (Å²) in [5.74, 6) is 16.5. The van der Waals surface area contributed by atoms with Crippen LogP contribution in [-0.4, -0.2) is 63.3 Å². The van der Waals surface area contributed by atoms with Crippen LogP contribution in [0.5, 0.6) is 0 Å². The van der Waals surface area contributed by atoms with Gasteiger partial charge in [0, 0.05) is 95.3 Å². The molecule has 756 valence electrons. The number of nitrogens with zero attached hydrogens (tertiary/aromatic N) is 4. The van der Waals surface area contributed by atoms with Gasteiger partial charge < -0.3 is 9.97 Å². The molecule has 141 heavy (non-hydrogen) atoms. The van der Waals surface area contributed by atoms with Crippen LogP contribution in [0.2, 0.25) is 0 Å². The van der Waals surface area contributed by atoms with E-state index in [9.17, 15) is 9.59 Å². The monoisotopic (exact) mass is 2070 g/mol. The van der Waals surface area contributed by atoms with E-state index in [0.717, 1.165) is 157 Å². The fourth-order valence-corrected chi connectivity index (χ4v) is 30.6. The molecule has 8 bridgehead atoms. The second-order valence-electron chi connectivity index (χ2n) is 39.8. The predicted octanol–water partition coefficient (Wildman–Crippen LogP) is 40.3. The minimum absolute atomic E-state index is 0.0155. The maximum absolute atomic E-state index is 13.7. The number of thioether (sulfide) groups is 2. The largest absolute Gasteiger partial charge is 0.354 e. The Bertz CT molecular complexity index is 5830. The molecular formula is C123H162N6O2S10. The summed E-state index contributed by atoms with van der Waals surface area (Å²) in [6.07, 6.45) is 77.1. The first-order valence-corrected chi connectivity index (χ1v) is 62.9. The summed E-state index contributed by atoms with van der Waals surface area (Å²) >= 11 is 25.6. The quantitative estimate of drug-likeness (QED) is 0.0168. The van der Waals surface area contributed by atoms with E-state index in [1.807, 2.05) is 81.9 Å². The van der Waals surface area contributed by atoms with Gasteiger partial charge in [0.25, 0.3) is 11.8 Å². The van der Waals surface area contributed by atoms with E-state index in [1.165, 1.54) is 358 Å². The van der Waals surface area contributed by atoms with Gasteiger partial charge in [-0.2, -0.15) is 0 Å². The van der Waals surface area contributed by atoms with Crippen molar-refractivity contribution in [2.45, 2.75) is 421 Å². The van der Waals surface area contributed by atoms with E-state index in [-0.39, 0.29) is 23.7 Å². The van der Waals surface area contributed by atoms with Gasteiger partial charge in [-0.25, -0.2) is 9.97 Å². The number of carbonyl (C=O) groups excluding carboxylic acids is 2. The second kappa shape index (κ2) is 60.5. The molecule has 4 aliphatic rings. The SMILES string of the molecule is CCCCCCCCCCC(CCCCCCCC)c1c2nc(c(C#CCc3cc(CCCCCC)c(-c4ccc(-c5sc(/C=C6\SC(=S)N(CC)C6=O)cc5CCCCCC)s4)s3)c3nc(c(C(CCCCCCCC)CCCCCCCCCC)c4ccc([nH]4)c(C#Cc4cc(CCCCCC)c(-c5ccc(-c6sc(/C=C7\SC(=S)N(CC)C7=O)cc6CCCCCC)s5)s4)c4ccc1[nH]4)C=C3)C=C2. The van der Waals surface area contributed by atoms with Crippen molar-refractivity contribution < 1.29 is 9.59 Å². The molecule has 0 aromatic carbocycles. The summed E-state index contributed by atoms with van der Waals surface area (Å²) in [6.45, 7) is 23.7. The third kappa shape index (κ3) is 32.4. The summed E-state index contributed by atoms with van der Waals surface area (Å²) in [6, 6.07) is 28.7. The Morgan fingerprint density at radius 1 is 0.333 bits per heavy atom. The highest BCUT2D eigenvalue weighted by molar-refractivity contribution is 8.27. The van der Waals surface area contributed by atoms with E-state index in [1.54, 1.807) is 9.80 Å². The average molecular weight is 2080 g/mol. The molecule has 2 saturated heterocycles. The number of amides is 2. The Morgan fingerprint density at radius 3 is 1.01 bits per heavy atom. The van der Waals surface area contributed by atoms with E-state index < -0.39 is 0 Å². The number of thiocarbonyl (C=S) groups is 2. The van der Waals surface area contributed by atoms with Gasteiger partial charge >= 0.3 is 0 Å². The van der Waals surface area contributed by atoms with Gasteiger partial charge in [0.15, 0.2) is 0 Å². The van der Waals surface area contributed by atoms with Crippen molar-refractivity contribution in [1.29, 1.82) is 0 Å². The first-order chi connectivity index (χ1) is 69.2. The lowest BCUT2D eigenvalue weighted by atomic mass is 9.87. The zero-order valence-corrected chi connectivity index (χ0v) is 95.3. The Morgan fingerprint density at radius 2 is 0.652 bits per heavy atom. The molecule has 0 aliphatic carbocycles. The first-order valence-electron chi connectivity index (χ1n) is 55.6. The molecule has 9 aromatic rings. The van der Waals surface area contributed by atoms with Gasteiger partial charge in [0.1, 0.15) is 8.64 Å². The van der Waals surface area contributed by atoms with Crippen LogP contribution in [-0.2, 0) is 41.7 Å². The van der Waals surface area contributed by atoms with Crippen LogP contribution in [0.3, 0.4) is 0 Å². The van der Waals surface area contributed by atoms with Crippen LogP contribution in [0.25, 0.3) is 97.5 Å². The normalized spacial score (nSPS) is 14.2.